The molecule has 3 heterocycles. The van der Waals surface area contributed by atoms with Gasteiger partial charge >= 0.3 is 0 Å². The fourth-order valence-corrected chi connectivity index (χ4v) is 3.66. The van der Waals surface area contributed by atoms with Gasteiger partial charge in [0.25, 0.3) is 0 Å². The summed E-state index contributed by atoms with van der Waals surface area (Å²) in [5.74, 6) is 1.29. The SMILES string of the molecule is Nc1nc(N2CCN(c3ccc(O)cc3)CC2)nc2c1ncn2-c1ccccc1. The van der Waals surface area contributed by atoms with E-state index >= 15 is 0 Å². The van der Waals surface area contributed by atoms with E-state index in [-0.39, 0.29) is 5.75 Å². The van der Waals surface area contributed by atoms with Gasteiger partial charge in [-0.05, 0) is 36.4 Å². The second-order valence-corrected chi connectivity index (χ2v) is 7.02. The van der Waals surface area contributed by atoms with Crippen molar-refractivity contribution in [1.82, 2.24) is 19.5 Å². The van der Waals surface area contributed by atoms with Crippen LogP contribution in [0.1, 0.15) is 0 Å². The summed E-state index contributed by atoms with van der Waals surface area (Å²) in [4.78, 5) is 18.1. The first kappa shape index (κ1) is 17.3. The Morgan fingerprint density at radius 2 is 1.48 bits per heavy atom. The smallest absolute Gasteiger partial charge is 0.229 e. The first-order valence-electron chi connectivity index (χ1n) is 9.54. The second-order valence-electron chi connectivity index (χ2n) is 7.02. The predicted molar refractivity (Wildman–Crippen MR) is 114 cm³/mol. The van der Waals surface area contributed by atoms with Crippen molar-refractivity contribution in [2.45, 2.75) is 0 Å². The lowest BCUT2D eigenvalue weighted by Gasteiger charge is -2.36. The average molecular weight is 387 g/mol. The Morgan fingerprint density at radius 1 is 0.793 bits per heavy atom. The first-order chi connectivity index (χ1) is 14.2. The number of hydrogen-bond donors (Lipinski definition) is 2. The summed E-state index contributed by atoms with van der Waals surface area (Å²) in [7, 11) is 0. The maximum absolute atomic E-state index is 9.48. The summed E-state index contributed by atoms with van der Waals surface area (Å²) in [6.07, 6.45) is 1.73. The monoisotopic (exact) mass is 387 g/mol. The Kier molecular flexibility index (Phi) is 4.16. The van der Waals surface area contributed by atoms with Gasteiger partial charge in [-0.3, -0.25) is 4.57 Å². The molecule has 0 radical (unpaired) electrons. The third-order valence-electron chi connectivity index (χ3n) is 5.22. The van der Waals surface area contributed by atoms with Crippen LogP contribution in [0.15, 0.2) is 60.9 Å². The van der Waals surface area contributed by atoms with E-state index in [1.807, 2.05) is 47.0 Å². The molecular weight excluding hydrogens is 366 g/mol. The molecule has 4 aromatic rings. The summed E-state index contributed by atoms with van der Waals surface area (Å²) in [6.45, 7) is 3.24. The molecule has 0 saturated carbocycles. The van der Waals surface area contributed by atoms with Crippen molar-refractivity contribution in [3.05, 3.63) is 60.9 Å². The predicted octanol–water partition coefficient (Wildman–Crippen LogP) is 2.43. The summed E-state index contributed by atoms with van der Waals surface area (Å²) < 4.78 is 1.93. The number of rotatable bonds is 3. The highest BCUT2D eigenvalue weighted by atomic mass is 16.3. The van der Waals surface area contributed by atoms with Crippen molar-refractivity contribution in [3.63, 3.8) is 0 Å². The Balaban J connectivity index is 1.42. The molecule has 3 N–H and O–H groups in total. The largest absolute Gasteiger partial charge is 0.508 e. The topological polar surface area (TPSA) is 96.3 Å². The molecule has 0 atom stereocenters. The number of nitrogens with two attached hydrogens (primary N) is 1. The number of aromatic nitrogens is 4. The summed E-state index contributed by atoms with van der Waals surface area (Å²) >= 11 is 0. The lowest BCUT2D eigenvalue weighted by atomic mass is 10.2. The molecule has 0 amide bonds. The molecule has 1 fully saturated rings. The number of phenols is 1. The van der Waals surface area contributed by atoms with Gasteiger partial charge in [-0.2, -0.15) is 9.97 Å². The fourth-order valence-electron chi connectivity index (χ4n) is 3.66. The van der Waals surface area contributed by atoms with Crippen molar-refractivity contribution >= 4 is 28.6 Å². The number of imidazole rings is 1. The molecule has 1 saturated heterocycles. The number of anilines is 3. The van der Waals surface area contributed by atoms with Crippen molar-refractivity contribution in [2.24, 2.45) is 0 Å². The van der Waals surface area contributed by atoms with Crippen LogP contribution in [-0.4, -0.2) is 50.8 Å². The highest BCUT2D eigenvalue weighted by molar-refractivity contribution is 5.84. The summed E-state index contributed by atoms with van der Waals surface area (Å²) in [6, 6.07) is 17.3. The van der Waals surface area contributed by atoms with Crippen LogP contribution in [0.2, 0.25) is 0 Å². The minimum Gasteiger partial charge on any atom is -0.508 e. The second kappa shape index (κ2) is 6.97. The van der Waals surface area contributed by atoms with E-state index in [1.54, 1.807) is 18.5 Å². The lowest BCUT2D eigenvalue weighted by Crippen LogP contribution is -2.47. The highest BCUT2D eigenvalue weighted by Crippen LogP contribution is 2.25. The van der Waals surface area contributed by atoms with E-state index in [0.717, 1.165) is 37.6 Å². The van der Waals surface area contributed by atoms with Crippen LogP contribution < -0.4 is 15.5 Å². The van der Waals surface area contributed by atoms with Crippen LogP contribution in [-0.2, 0) is 0 Å². The Bertz CT molecular complexity index is 1130. The number of nitrogen functional groups attached to an aromatic ring is 1. The van der Waals surface area contributed by atoms with E-state index in [1.165, 1.54) is 0 Å². The van der Waals surface area contributed by atoms with Crippen LogP contribution in [0.5, 0.6) is 5.75 Å². The van der Waals surface area contributed by atoms with Crippen LogP contribution in [0.4, 0.5) is 17.5 Å². The minimum absolute atomic E-state index is 0.277. The molecule has 8 heteroatoms. The molecule has 146 valence electrons. The zero-order chi connectivity index (χ0) is 19.8. The third-order valence-corrected chi connectivity index (χ3v) is 5.22. The minimum atomic E-state index is 0.277. The maximum atomic E-state index is 9.48. The van der Waals surface area contributed by atoms with E-state index in [9.17, 15) is 5.11 Å². The molecule has 29 heavy (non-hydrogen) atoms. The standard InChI is InChI=1S/C21H21N7O/c22-19-18-20(28(14-23-18)16-4-2-1-3-5-16)25-21(24-19)27-12-10-26(11-13-27)15-6-8-17(29)9-7-15/h1-9,14,29H,10-13H2,(H2,22,24,25). The van der Waals surface area contributed by atoms with Gasteiger partial charge in [-0.15, -0.1) is 0 Å². The maximum Gasteiger partial charge on any atom is 0.229 e. The van der Waals surface area contributed by atoms with Crippen molar-refractivity contribution in [1.29, 1.82) is 0 Å². The summed E-state index contributed by atoms with van der Waals surface area (Å²) in [5.41, 5.74) is 9.60. The molecule has 2 aromatic heterocycles. The number of para-hydroxylation sites is 1. The lowest BCUT2D eigenvalue weighted by molar-refractivity contribution is 0.475. The number of piperazine rings is 1. The van der Waals surface area contributed by atoms with E-state index in [2.05, 4.69) is 19.8 Å². The normalized spacial score (nSPS) is 14.5. The Labute approximate surface area is 167 Å². The number of benzene rings is 2. The van der Waals surface area contributed by atoms with Crippen LogP contribution in [0, 0.1) is 0 Å². The van der Waals surface area contributed by atoms with E-state index < -0.39 is 0 Å². The number of aromatic hydroxyl groups is 1. The van der Waals surface area contributed by atoms with E-state index in [4.69, 9.17) is 10.7 Å². The van der Waals surface area contributed by atoms with Gasteiger partial charge in [-0.1, -0.05) is 18.2 Å². The fraction of sp³-hybridized carbons (Fsp3) is 0.190. The van der Waals surface area contributed by atoms with Gasteiger partial charge in [-0.25, -0.2) is 4.98 Å². The Hall–Kier alpha value is -3.81. The molecule has 8 nitrogen and oxygen atoms in total. The van der Waals surface area contributed by atoms with Gasteiger partial charge in [0, 0.05) is 37.6 Å². The number of hydrogen-bond acceptors (Lipinski definition) is 7. The highest BCUT2D eigenvalue weighted by Gasteiger charge is 2.21. The van der Waals surface area contributed by atoms with Crippen LogP contribution in [0.3, 0.4) is 0 Å². The van der Waals surface area contributed by atoms with Crippen molar-refractivity contribution in [3.8, 4) is 11.4 Å². The van der Waals surface area contributed by atoms with Gasteiger partial charge in [0.05, 0.1) is 0 Å². The quantitative estimate of drug-likeness (QED) is 0.557. The molecule has 1 aliphatic heterocycles. The van der Waals surface area contributed by atoms with Gasteiger partial charge in [0.1, 0.15) is 12.1 Å². The van der Waals surface area contributed by atoms with Crippen LogP contribution in [0.25, 0.3) is 16.9 Å². The molecule has 0 bridgehead atoms. The zero-order valence-corrected chi connectivity index (χ0v) is 15.8. The molecular formula is C21H21N7O. The average Bonchev–Trinajstić information content (AvgIpc) is 3.20. The first-order valence-corrected chi connectivity index (χ1v) is 9.54. The number of fused-ring (bicyclic) bond motifs is 1. The third kappa shape index (κ3) is 3.18. The van der Waals surface area contributed by atoms with E-state index in [0.29, 0.717) is 22.9 Å². The molecule has 2 aromatic carbocycles. The van der Waals surface area contributed by atoms with Gasteiger partial charge in [0.15, 0.2) is 17.0 Å². The molecule has 1 aliphatic rings. The van der Waals surface area contributed by atoms with Crippen LogP contribution >= 0.6 is 0 Å². The summed E-state index contributed by atoms with van der Waals surface area (Å²) in [5, 5.41) is 9.48. The van der Waals surface area contributed by atoms with Gasteiger partial charge < -0.3 is 20.6 Å². The van der Waals surface area contributed by atoms with Crippen molar-refractivity contribution < 1.29 is 5.11 Å². The van der Waals surface area contributed by atoms with Gasteiger partial charge in [0.2, 0.25) is 5.95 Å². The number of phenolic OH excluding ortho intramolecular Hbond substituents is 1. The Morgan fingerprint density at radius 3 is 2.21 bits per heavy atom. The zero-order valence-electron chi connectivity index (χ0n) is 15.8. The molecule has 0 spiro atoms. The molecule has 5 rings (SSSR count). The van der Waals surface area contributed by atoms with Crippen molar-refractivity contribution in [2.75, 3.05) is 41.7 Å². The molecule has 0 unspecified atom stereocenters. The number of nitrogens with zero attached hydrogens (tertiary/aromatic N) is 6. The molecule has 0 aliphatic carbocycles.